The number of amides is 2. The van der Waals surface area contributed by atoms with Crippen LogP contribution in [0.2, 0.25) is 0 Å². The fraction of sp³-hybridized carbons (Fsp3) is 0.273. The van der Waals surface area contributed by atoms with Gasteiger partial charge in [-0.3, -0.25) is 9.59 Å². The molecule has 3 aromatic rings. The number of nitrogens with zero attached hydrogens (tertiary/aromatic N) is 1. The maximum Gasteiger partial charge on any atom is 0.287 e. The monoisotopic (exact) mass is 411 g/mol. The Kier molecular flexibility index (Phi) is 7.21. The first-order chi connectivity index (χ1) is 14.0. The van der Waals surface area contributed by atoms with Crippen LogP contribution in [0.5, 0.6) is 0 Å². The molecule has 0 radical (unpaired) electrons. The number of carbonyl (C=O) groups excluding carboxylic acids is 2. The molecule has 3 rings (SSSR count). The first-order valence-electron chi connectivity index (χ1n) is 9.39. The van der Waals surface area contributed by atoms with Gasteiger partial charge in [-0.1, -0.05) is 30.3 Å². The van der Waals surface area contributed by atoms with Crippen molar-refractivity contribution in [3.63, 3.8) is 0 Å². The van der Waals surface area contributed by atoms with Gasteiger partial charge in [0.1, 0.15) is 6.04 Å². The molecule has 2 amide bonds. The van der Waals surface area contributed by atoms with Gasteiger partial charge in [0.05, 0.1) is 12.3 Å². The summed E-state index contributed by atoms with van der Waals surface area (Å²) in [4.78, 5) is 27.5. The summed E-state index contributed by atoms with van der Waals surface area (Å²) in [6.45, 7) is 0.449. The van der Waals surface area contributed by atoms with Gasteiger partial charge in [-0.15, -0.1) is 0 Å². The van der Waals surface area contributed by atoms with Crippen LogP contribution in [-0.4, -0.2) is 43.4 Å². The molecule has 0 bridgehead atoms. The zero-order chi connectivity index (χ0) is 20.6. The van der Waals surface area contributed by atoms with Gasteiger partial charge < -0.3 is 20.0 Å². The molecule has 0 aliphatic heterocycles. The minimum absolute atomic E-state index is 0.0587. The third-order valence-electron chi connectivity index (χ3n) is 4.67. The Bertz CT molecular complexity index is 893. The van der Waals surface area contributed by atoms with E-state index in [0.717, 1.165) is 11.1 Å². The number of thiophene rings is 1. The van der Waals surface area contributed by atoms with Gasteiger partial charge in [0.15, 0.2) is 5.76 Å². The maximum atomic E-state index is 13.0. The Morgan fingerprint density at radius 3 is 2.52 bits per heavy atom. The number of benzene rings is 1. The summed E-state index contributed by atoms with van der Waals surface area (Å²) in [7, 11) is 3.96. The number of likely N-dealkylation sites (N-methyl/N-ethyl adjacent to an activating group) is 1. The van der Waals surface area contributed by atoms with Gasteiger partial charge in [0.25, 0.3) is 5.91 Å². The van der Waals surface area contributed by atoms with Gasteiger partial charge in [-0.2, -0.15) is 11.3 Å². The standard InChI is InChI=1S/C22H25N3O3S/c1-25(2)19(17-10-12-29-15-17)14-23-21(26)18(13-16-7-4-3-5-8-16)24-22(27)20-9-6-11-28-20/h3-12,15,18-19H,13-14H2,1-2H3,(H,23,26)(H,24,27). The van der Waals surface area contributed by atoms with E-state index in [1.165, 1.54) is 6.26 Å². The Labute approximate surface area is 174 Å². The van der Waals surface area contributed by atoms with Crippen LogP contribution in [0.1, 0.15) is 27.7 Å². The lowest BCUT2D eigenvalue weighted by Crippen LogP contribution is -2.49. The quantitative estimate of drug-likeness (QED) is 0.567. The second-order valence-corrected chi connectivity index (χ2v) is 7.75. The molecular formula is C22H25N3O3S. The minimum atomic E-state index is -0.708. The van der Waals surface area contributed by atoms with Crippen LogP contribution in [0.3, 0.4) is 0 Å². The molecule has 0 spiro atoms. The predicted octanol–water partition coefficient (Wildman–Crippen LogP) is 3.10. The third kappa shape index (κ3) is 5.79. The van der Waals surface area contributed by atoms with Gasteiger partial charge in [-0.25, -0.2) is 0 Å². The van der Waals surface area contributed by atoms with E-state index in [1.54, 1.807) is 23.5 Å². The van der Waals surface area contributed by atoms with Crippen LogP contribution < -0.4 is 10.6 Å². The van der Waals surface area contributed by atoms with E-state index in [0.29, 0.717) is 13.0 Å². The van der Waals surface area contributed by atoms with Crippen LogP contribution in [0, 0.1) is 0 Å². The molecule has 0 fully saturated rings. The molecule has 1 aromatic carbocycles. The van der Waals surface area contributed by atoms with Crippen molar-refractivity contribution >= 4 is 23.2 Å². The lowest BCUT2D eigenvalue weighted by Gasteiger charge is -2.25. The van der Waals surface area contributed by atoms with Crippen molar-refractivity contribution in [1.29, 1.82) is 0 Å². The van der Waals surface area contributed by atoms with Crippen molar-refractivity contribution in [3.8, 4) is 0 Å². The molecule has 0 saturated heterocycles. The Balaban J connectivity index is 1.70. The van der Waals surface area contributed by atoms with E-state index in [1.807, 2.05) is 49.8 Å². The van der Waals surface area contributed by atoms with Gasteiger partial charge in [0.2, 0.25) is 5.91 Å². The van der Waals surface area contributed by atoms with E-state index < -0.39 is 11.9 Å². The topological polar surface area (TPSA) is 74.6 Å². The number of nitrogens with one attached hydrogen (secondary N) is 2. The summed E-state index contributed by atoms with van der Waals surface area (Å²) in [5.74, 6) is -0.454. The molecule has 2 aromatic heterocycles. The molecule has 2 unspecified atom stereocenters. The minimum Gasteiger partial charge on any atom is -0.459 e. The molecule has 6 nitrogen and oxygen atoms in total. The summed E-state index contributed by atoms with van der Waals surface area (Å²) in [6, 6.07) is 14.2. The smallest absolute Gasteiger partial charge is 0.287 e. The van der Waals surface area contributed by atoms with Gasteiger partial charge in [-0.05, 0) is 54.2 Å². The summed E-state index contributed by atoms with van der Waals surface area (Å²) in [5.41, 5.74) is 2.12. The molecular weight excluding hydrogens is 386 g/mol. The molecule has 0 aliphatic rings. The third-order valence-corrected chi connectivity index (χ3v) is 5.37. The van der Waals surface area contributed by atoms with E-state index >= 15 is 0 Å². The average Bonchev–Trinajstić information content (AvgIpc) is 3.42. The van der Waals surface area contributed by atoms with Crippen molar-refractivity contribution in [2.75, 3.05) is 20.6 Å². The normalized spacial score (nSPS) is 13.1. The van der Waals surface area contributed by atoms with Crippen molar-refractivity contribution in [3.05, 3.63) is 82.4 Å². The first kappa shape index (κ1) is 20.8. The molecule has 2 N–H and O–H groups in total. The Morgan fingerprint density at radius 1 is 1.10 bits per heavy atom. The lowest BCUT2D eigenvalue weighted by atomic mass is 10.0. The van der Waals surface area contributed by atoms with E-state index in [-0.39, 0.29) is 17.7 Å². The summed E-state index contributed by atoms with van der Waals surface area (Å²) >= 11 is 1.63. The number of carbonyl (C=O) groups is 2. The van der Waals surface area contributed by atoms with Crippen molar-refractivity contribution < 1.29 is 14.0 Å². The molecule has 0 saturated carbocycles. The Morgan fingerprint density at radius 2 is 1.90 bits per heavy atom. The summed E-state index contributed by atoms with van der Waals surface area (Å²) in [6.07, 6.45) is 1.83. The highest BCUT2D eigenvalue weighted by molar-refractivity contribution is 7.07. The number of hydrogen-bond donors (Lipinski definition) is 2. The lowest BCUT2D eigenvalue weighted by molar-refractivity contribution is -0.123. The van der Waals surface area contributed by atoms with Crippen molar-refractivity contribution in [2.24, 2.45) is 0 Å². The van der Waals surface area contributed by atoms with Crippen LogP contribution in [0.4, 0.5) is 0 Å². The number of rotatable bonds is 9. The molecule has 29 heavy (non-hydrogen) atoms. The maximum absolute atomic E-state index is 13.0. The largest absolute Gasteiger partial charge is 0.459 e. The zero-order valence-corrected chi connectivity index (χ0v) is 17.3. The number of furan rings is 1. The molecule has 2 atom stereocenters. The SMILES string of the molecule is CN(C)C(CNC(=O)C(Cc1ccccc1)NC(=O)c1ccco1)c1ccsc1. The van der Waals surface area contributed by atoms with Crippen LogP contribution in [0.15, 0.2) is 70.0 Å². The second kappa shape index (κ2) is 10.0. The van der Waals surface area contributed by atoms with Crippen LogP contribution in [0.25, 0.3) is 0 Å². The first-order valence-corrected chi connectivity index (χ1v) is 10.3. The molecule has 2 heterocycles. The van der Waals surface area contributed by atoms with Crippen molar-refractivity contribution in [2.45, 2.75) is 18.5 Å². The Hall–Kier alpha value is -2.90. The van der Waals surface area contributed by atoms with Gasteiger partial charge >= 0.3 is 0 Å². The summed E-state index contributed by atoms with van der Waals surface area (Å²) in [5, 5.41) is 9.90. The van der Waals surface area contributed by atoms with Gasteiger partial charge in [0, 0.05) is 13.0 Å². The highest BCUT2D eigenvalue weighted by atomic mass is 32.1. The highest BCUT2D eigenvalue weighted by Crippen LogP contribution is 2.20. The second-order valence-electron chi connectivity index (χ2n) is 6.97. The zero-order valence-electron chi connectivity index (χ0n) is 16.5. The van der Waals surface area contributed by atoms with E-state index in [4.69, 9.17) is 4.42 Å². The number of hydrogen-bond acceptors (Lipinski definition) is 5. The fourth-order valence-corrected chi connectivity index (χ4v) is 3.79. The average molecular weight is 412 g/mol. The van der Waals surface area contributed by atoms with Crippen molar-refractivity contribution in [1.82, 2.24) is 15.5 Å². The van der Waals surface area contributed by atoms with E-state index in [9.17, 15) is 9.59 Å². The van der Waals surface area contributed by atoms with Crippen LogP contribution in [-0.2, 0) is 11.2 Å². The highest BCUT2D eigenvalue weighted by Gasteiger charge is 2.24. The summed E-state index contributed by atoms with van der Waals surface area (Å²) < 4.78 is 5.16. The van der Waals surface area contributed by atoms with Crippen LogP contribution >= 0.6 is 11.3 Å². The predicted molar refractivity (Wildman–Crippen MR) is 114 cm³/mol. The fourth-order valence-electron chi connectivity index (χ4n) is 3.08. The molecule has 0 aliphatic carbocycles. The molecule has 7 heteroatoms. The molecule has 152 valence electrons. The van der Waals surface area contributed by atoms with E-state index in [2.05, 4.69) is 27.0 Å².